The quantitative estimate of drug-likeness (QED) is 0.415. The number of carbonyl (C=O) groups is 1. The van der Waals surface area contributed by atoms with Gasteiger partial charge in [-0.15, -0.1) is 11.3 Å². The van der Waals surface area contributed by atoms with Gasteiger partial charge in [-0.25, -0.2) is 9.97 Å². The van der Waals surface area contributed by atoms with Crippen molar-refractivity contribution in [1.82, 2.24) is 19.4 Å². The second kappa shape index (κ2) is 9.45. The molecule has 1 N–H and O–H groups in total. The molecule has 7 nitrogen and oxygen atoms in total. The fraction of sp³-hybridized carbons (Fsp3) is 0.348. The van der Waals surface area contributed by atoms with Gasteiger partial charge in [-0.1, -0.05) is 32.0 Å². The maximum Gasteiger partial charge on any atom is 0.236 e. The molecule has 0 fully saturated rings. The van der Waals surface area contributed by atoms with Crippen molar-refractivity contribution in [3.05, 3.63) is 53.2 Å². The van der Waals surface area contributed by atoms with Crippen LogP contribution in [0, 0.1) is 6.92 Å². The van der Waals surface area contributed by atoms with Gasteiger partial charge in [-0.05, 0) is 43.6 Å². The van der Waals surface area contributed by atoms with Gasteiger partial charge in [-0.3, -0.25) is 10.1 Å². The van der Waals surface area contributed by atoms with E-state index in [2.05, 4.69) is 38.6 Å². The lowest BCUT2D eigenvalue weighted by Gasteiger charge is -2.19. The first-order chi connectivity index (χ1) is 15.1. The maximum absolute atomic E-state index is 12.9. The summed E-state index contributed by atoms with van der Waals surface area (Å²) in [5.41, 5.74) is 2.53. The van der Waals surface area contributed by atoms with Crippen LogP contribution in [0.15, 0.2) is 46.2 Å². The molecular weight excluding hydrogens is 410 g/mol. The van der Waals surface area contributed by atoms with Crippen LogP contribution in [-0.4, -0.2) is 45.0 Å². The average molecular weight is 438 g/mol. The Hall–Kier alpha value is -2.97. The number of hydrogen-bond donors (Lipinski definition) is 1. The van der Waals surface area contributed by atoms with E-state index in [1.165, 1.54) is 0 Å². The highest BCUT2D eigenvalue weighted by Crippen LogP contribution is 2.26. The molecule has 1 aromatic carbocycles. The molecule has 0 saturated carbocycles. The third kappa shape index (κ3) is 4.70. The Kier molecular flexibility index (Phi) is 6.48. The second-order valence-electron chi connectivity index (χ2n) is 7.33. The van der Waals surface area contributed by atoms with Gasteiger partial charge in [0.2, 0.25) is 17.7 Å². The summed E-state index contributed by atoms with van der Waals surface area (Å²) in [7, 11) is 0. The fourth-order valence-electron chi connectivity index (χ4n) is 3.60. The number of carbonyl (C=O) groups excluding carboxylic acids is 1. The molecule has 0 aliphatic heterocycles. The Morgan fingerprint density at radius 3 is 2.71 bits per heavy atom. The molecule has 0 saturated heterocycles. The molecule has 162 valence electrons. The molecule has 4 aromatic rings. The number of nitrogens with zero attached hydrogens (tertiary/aromatic N) is 4. The average Bonchev–Trinajstić information content (AvgIpc) is 3.49. The molecule has 4 rings (SSSR count). The Morgan fingerprint density at radius 2 is 1.97 bits per heavy atom. The van der Waals surface area contributed by atoms with Gasteiger partial charge in [0.25, 0.3) is 0 Å². The smallest absolute Gasteiger partial charge is 0.236 e. The van der Waals surface area contributed by atoms with E-state index in [0.29, 0.717) is 23.3 Å². The van der Waals surface area contributed by atoms with Gasteiger partial charge in [0.15, 0.2) is 0 Å². The van der Waals surface area contributed by atoms with Crippen molar-refractivity contribution in [3.63, 3.8) is 0 Å². The van der Waals surface area contributed by atoms with Crippen LogP contribution >= 0.6 is 11.3 Å². The van der Waals surface area contributed by atoms with Crippen LogP contribution in [0.25, 0.3) is 21.8 Å². The predicted octanol–water partition coefficient (Wildman–Crippen LogP) is 4.58. The van der Waals surface area contributed by atoms with Gasteiger partial charge in [-0.2, -0.15) is 0 Å². The van der Waals surface area contributed by atoms with Crippen molar-refractivity contribution in [3.8, 4) is 10.8 Å². The summed E-state index contributed by atoms with van der Waals surface area (Å²) in [6.07, 6.45) is 0.139. The summed E-state index contributed by atoms with van der Waals surface area (Å²) < 4.78 is 7.85. The lowest BCUT2D eigenvalue weighted by atomic mass is 10.2. The Balaban J connectivity index is 1.53. The summed E-state index contributed by atoms with van der Waals surface area (Å²) in [5.74, 6) is 1.63. The largest absolute Gasteiger partial charge is 0.440 e. The minimum atomic E-state index is -0.159. The number of oxazole rings is 1. The van der Waals surface area contributed by atoms with Crippen LogP contribution < -0.4 is 5.32 Å². The molecule has 0 unspecified atom stereocenters. The third-order valence-electron chi connectivity index (χ3n) is 5.39. The summed E-state index contributed by atoms with van der Waals surface area (Å²) in [4.78, 5) is 25.4. The minimum absolute atomic E-state index is 0.139. The number of anilines is 1. The maximum atomic E-state index is 12.9. The molecule has 1 amide bonds. The topological polar surface area (TPSA) is 76.2 Å². The molecule has 0 radical (unpaired) electrons. The Bertz CT molecular complexity index is 1160. The number of aryl methyl sites for hydroxylation is 1. The number of amides is 1. The van der Waals surface area contributed by atoms with E-state index in [0.717, 1.165) is 42.1 Å². The Labute approximate surface area is 185 Å². The van der Waals surface area contributed by atoms with Crippen LogP contribution in [-0.2, 0) is 17.8 Å². The summed E-state index contributed by atoms with van der Waals surface area (Å²) in [6, 6.07) is 11.9. The van der Waals surface area contributed by atoms with Crippen LogP contribution in [0.1, 0.15) is 25.3 Å². The van der Waals surface area contributed by atoms with E-state index in [9.17, 15) is 4.79 Å². The lowest BCUT2D eigenvalue weighted by molar-refractivity contribution is -0.115. The van der Waals surface area contributed by atoms with E-state index in [1.807, 2.05) is 48.7 Å². The number of imidazole rings is 1. The summed E-state index contributed by atoms with van der Waals surface area (Å²) in [5, 5.41) is 4.97. The van der Waals surface area contributed by atoms with Crippen molar-refractivity contribution >= 4 is 34.2 Å². The number of likely N-dealkylation sites (N-methyl/N-ethyl adjacent to an activating group) is 1. The Morgan fingerprint density at radius 1 is 1.16 bits per heavy atom. The summed E-state index contributed by atoms with van der Waals surface area (Å²) >= 11 is 1.56. The number of hydrogen-bond acceptors (Lipinski definition) is 6. The number of rotatable bonds is 9. The van der Waals surface area contributed by atoms with Crippen molar-refractivity contribution in [2.75, 3.05) is 25.0 Å². The standard InChI is InChI=1S/C23H27N5O2S/c1-4-27(5-2)12-13-28-19-10-7-6-9-17(19)25-23(28)26-21(29)15-18-16(3)30-22(24-18)20-11-8-14-31-20/h6-11,14H,4-5,12-13,15H2,1-3H3,(H,25,26,29). The van der Waals surface area contributed by atoms with Gasteiger partial charge < -0.3 is 13.9 Å². The van der Waals surface area contributed by atoms with Crippen LogP contribution in [0.5, 0.6) is 0 Å². The first-order valence-corrected chi connectivity index (χ1v) is 11.4. The zero-order chi connectivity index (χ0) is 21.8. The zero-order valence-corrected chi connectivity index (χ0v) is 18.9. The monoisotopic (exact) mass is 437 g/mol. The van der Waals surface area contributed by atoms with Crippen molar-refractivity contribution in [2.24, 2.45) is 0 Å². The van der Waals surface area contributed by atoms with Gasteiger partial charge >= 0.3 is 0 Å². The fourth-order valence-corrected chi connectivity index (χ4v) is 4.25. The summed E-state index contributed by atoms with van der Waals surface area (Å²) in [6.45, 7) is 9.77. The number of fused-ring (bicyclic) bond motifs is 1. The number of aromatic nitrogens is 3. The highest BCUT2D eigenvalue weighted by Gasteiger charge is 2.18. The van der Waals surface area contributed by atoms with Crippen molar-refractivity contribution < 1.29 is 9.21 Å². The van der Waals surface area contributed by atoms with E-state index in [1.54, 1.807) is 11.3 Å². The highest BCUT2D eigenvalue weighted by atomic mass is 32.1. The SMILES string of the molecule is CCN(CC)CCn1c(NC(=O)Cc2nc(-c3cccs3)oc2C)nc2ccccc21. The van der Waals surface area contributed by atoms with E-state index in [-0.39, 0.29) is 12.3 Å². The van der Waals surface area contributed by atoms with Gasteiger partial charge in [0.1, 0.15) is 5.76 Å². The van der Waals surface area contributed by atoms with Crippen molar-refractivity contribution in [2.45, 2.75) is 33.7 Å². The second-order valence-corrected chi connectivity index (χ2v) is 8.27. The first-order valence-electron chi connectivity index (χ1n) is 10.6. The van der Waals surface area contributed by atoms with Gasteiger partial charge in [0, 0.05) is 13.1 Å². The van der Waals surface area contributed by atoms with E-state index >= 15 is 0 Å². The lowest BCUT2D eigenvalue weighted by Crippen LogP contribution is -2.28. The van der Waals surface area contributed by atoms with E-state index < -0.39 is 0 Å². The molecule has 0 aliphatic carbocycles. The first kappa shape index (κ1) is 21.3. The van der Waals surface area contributed by atoms with Crippen LogP contribution in [0.2, 0.25) is 0 Å². The molecule has 3 heterocycles. The number of thiophene rings is 1. The number of benzene rings is 1. The van der Waals surface area contributed by atoms with Crippen LogP contribution in [0.3, 0.4) is 0 Å². The molecule has 3 aromatic heterocycles. The molecular formula is C23H27N5O2S. The molecule has 0 bridgehead atoms. The highest BCUT2D eigenvalue weighted by molar-refractivity contribution is 7.13. The zero-order valence-electron chi connectivity index (χ0n) is 18.1. The predicted molar refractivity (Wildman–Crippen MR) is 124 cm³/mol. The van der Waals surface area contributed by atoms with Crippen LogP contribution in [0.4, 0.5) is 5.95 Å². The number of nitrogens with one attached hydrogen (secondary N) is 1. The van der Waals surface area contributed by atoms with E-state index in [4.69, 9.17) is 4.42 Å². The normalized spacial score (nSPS) is 11.5. The molecule has 0 atom stereocenters. The number of para-hydroxylation sites is 2. The molecule has 0 spiro atoms. The molecule has 31 heavy (non-hydrogen) atoms. The molecule has 8 heteroatoms. The van der Waals surface area contributed by atoms with Gasteiger partial charge in [0.05, 0.1) is 28.0 Å². The third-order valence-corrected chi connectivity index (χ3v) is 6.25. The molecule has 0 aliphatic rings. The van der Waals surface area contributed by atoms with Crippen molar-refractivity contribution in [1.29, 1.82) is 0 Å². The minimum Gasteiger partial charge on any atom is -0.440 e.